The summed E-state index contributed by atoms with van der Waals surface area (Å²) >= 11 is 0. The Morgan fingerprint density at radius 1 is 1.36 bits per heavy atom. The second kappa shape index (κ2) is 5.01. The average Bonchev–Trinajstić information content (AvgIpc) is 2.19. The topological polar surface area (TPSA) is 105 Å². The normalized spacial score (nSPS) is 43.9. The van der Waals surface area contributed by atoms with Crippen molar-refractivity contribution in [3.05, 3.63) is 0 Å². The zero-order valence-corrected chi connectivity index (χ0v) is 8.04. The van der Waals surface area contributed by atoms with E-state index in [1.807, 2.05) is 0 Å². The highest BCUT2D eigenvalue weighted by atomic mass is 16.7. The molecule has 84 valence electrons. The van der Waals surface area contributed by atoms with Crippen LogP contribution in [0.2, 0.25) is 0 Å². The molecule has 0 aromatic heterocycles. The van der Waals surface area contributed by atoms with Crippen LogP contribution in [-0.2, 0) is 9.47 Å². The molecule has 6 nitrogen and oxygen atoms in total. The number of ether oxygens (including phenoxy) is 2. The molecule has 0 bridgehead atoms. The Morgan fingerprint density at radius 2 is 2.00 bits per heavy atom. The van der Waals surface area contributed by atoms with Gasteiger partial charge in [0, 0.05) is 6.61 Å². The first-order valence-corrected chi connectivity index (χ1v) is 4.61. The lowest BCUT2D eigenvalue weighted by Crippen LogP contribution is -2.62. The van der Waals surface area contributed by atoms with Crippen molar-refractivity contribution < 1.29 is 24.8 Å². The second-order valence-corrected chi connectivity index (χ2v) is 3.24. The molecular weight excluding hydrogens is 190 g/mol. The number of aliphatic hydroxyl groups excluding tert-OH is 3. The van der Waals surface area contributed by atoms with Crippen LogP contribution in [-0.4, -0.2) is 59.2 Å². The molecule has 5 atom stereocenters. The summed E-state index contributed by atoms with van der Waals surface area (Å²) in [4.78, 5) is 0. The van der Waals surface area contributed by atoms with Gasteiger partial charge < -0.3 is 30.5 Å². The van der Waals surface area contributed by atoms with Gasteiger partial charge in [-0.1, -0.05) is 0 Å². The summed E-state index contributed by atoms with van der Waals surface area (Å²) in [5.41, 5.74) is 5.54. The Morgan fingerprint density at radius 3 is 2.50 bits per heavy atom. The highest BCUT2D eigenvalue weighted by molar-refractivity contribution is 4.91. The molecule has 1 aliphatic heterocycles. The lowest BCUT2D eigenvalue weighted by molar-refractivity contribution is -0.274. The minimum absolute atomic E-state index is 0.356. The zero-order valence-electron chi connectivity index (χ0n) is 8.04. The van der Waals surface area contributed by atoms with Crippen molar-refractivity contribution in [1.29, 1.82) is 0 Å². The Bertz CT molecular complexity index is 175. The van der Waals surface area contributed by atoms with E-state index in [-0.39, 0.29) is 6.61 Å². The summed E-state index contributed by atoms with van der Waals surface area (Å²) in [6.45, 7) is 1.76. The molecule has 1 heterocycles. The molecule has 1 rings (SSSR count). The van der Waals surface area contributed by atoms with Crippen molar-refractivity contribution in [1.82, 2.24) is 0 Å². The van der Waals surface area contributed by atoms with Crippen molar-refractivity contribution >= 4 is 0 Å². The maximum absolute atomic E-state index is 9.54. The zero-order chi connectivity index (χ0) is 10.7. The fourth-order valence-electron chi connectivity index (χ4n) is 1.42. The molecule has 1 aliphatic rings. The molecule has 0 aromatic carbocycles. The minimum Gasteiger partial charge on any atom is -0.394 e. The Balaban J connectivity index is 2.63. The lowest BCUT2D eigenvalue weighted by Gasteiger charge is -2.40. The molecule has 0 aromatic rings. The van der Waals surface area contributed by atoms with Crippen LogP contribution in [0.4, 0.5) is 0 Å². The molecule has 0 saturated carbocycles. The highest BCUT2D eigenvalue weighted by Gasteiger charge is 2.42. The maximum Gasteiger partial charge on any atom is 0.185 e. The molecule has 1 saturated heterocycles. The number of hydrogen-bond acceptors (Lipinski definition) is 6. The van der Waals surface area contributed by atoms with E-state index in [1.165, 1.54) is 0 Å². The first-order valence-electron chi connectivity index (χ1n) is 4.61. The van der Waals surface area contributed by atoms with Crippen LogP contribution in [0.15, 0.2) is 0 Å². The van der Waals surface area contributed by atoms with Crippen LogP contribution in [0.25, 0.3) is 0 Å². The summed E-state index contributed by atoms with van der Waals surface area (Å²) < 4.78 is 10.2. The van der Waals surface area contributed by atoms with Crippen molar-refractivity contribution in [3.8, 4) is 0 Å². The first-order chi connectivity index (χ1) is 6.61. The molecule has 0 aliphatic carbocycles. The van der Waals surface area contributed by atoms with Gasteiger partial charge in [0.05, 0.1) is 12.6 Å². The first kappa shape index (κ1) is 11.8. The van der Waals surface area contributed by atoms with Crippen LogP contribution in [0.5, 0.6) is 0 Å². The third-order valence-corrected chi connectivity index (χ3v) is 2.27. The fraction of sp³-hybridized carbons (Fsp3) is 1.00. The predicted octanol–water partition coefficient (Wildman–Crippen LogP) is -2.21. The highest BCUT2D eigenvalue weighted by Crippen LogP contribution is 2.20. The van der Waals surface area contributed by atoms with Gasteiger partial charge in [0.1, 0.15) is 18.3 Å². The van der Waals surface area contributed by atoms with Gasteiger partial charge in [-0.2, -0.15) is 0 Å². The van der Waals surface area contributed by atoms with E-state index in [1.54, 1.807) is 6.92 Å². The minimum atomic E-state index is -1.08. The van der Waals surface area contributed by atoms with Crippen LogP contribution in [0, 0.1) is 0 Å². The Kier molecular flexibility index (Phi) is 4.24. The van der Waals surface area contributed by atoms with E-state index in [2.05, 4.69) is 0 Å². The van der Waals surface area contributed by atoms with Crippen molar-refractivity contribution in [2.24, 2.45) is 5.73 Å². The van der Waals surface area contributed by atoms with Crippen LogP contribution in [0.1, 0.15) is 6.92 Å². The van der Waals surface area contributed by atoms with Gasteiger partial charge in [-0.3, -0.25) is 0 Å². The van der Waals surface area contributed by atoms with E-state index in [9.17, 15) is 10.2 Å². The number of aliphatic hydroxyl groups is 3. The quantitative estimate of drug-likeness (QED) is 0.418. The molecule has 0 radical (unpaired) electrons. The summed E-state index contributed by atoms with van der Waals surface area (Å²) in [5, 5.41) is 27.9. The van der Waals surface area contributed by atoms with Gasteiger partial charge in [0.25, 0.3) is 0 Å². The van der Waals surface area contributed by atoms with Gasteiger partial charge >= 0.3 is 0 Å². The molecule has 0 unspecified atom stereocenters. The molecule has 6 heteroatoms. The maximum atomic E-state index is 9.54. The van der Waals surface area contributed by atoms with Crippen LogP contribution in [0.3, 0.4) is 0 Å². The summed E-state index contributed by atoms with van der Waals surface area (Å²) in [6, 6.07) is -0.863. The molecule has 14 heavy (non-hydrogen) atoms. The average molecular weight is 207 g/mol. The van der Waals surface area contributed by atoms with E-state index >= 15 is 0 Å². The SMILES string of the molecule is CCO[C@H]1O[C@H](CO)[C@@H](O)[C@@H](N)[C@H]1O. The van der Waals surface area contributed by atoms with E-state index < -0.39 is 30.6 Å². The molecular formula is C8H17NO5. The molecule has 0 spiro atoms. The van der Waals surface area contributed by atoms with Gasteiger partial charge in [-0.05, 0) is 6.92 Å². The molecule has 0 amide bonds. The van der Waals surface area contributed by atoms with Crippen LogP contribution >= 0.6 is 0 Å². The third-order valence-electron chi connectivity index (χ3n) is 2.27. The summed E-state index contributed by atoms with van der Waals surface area (Å²) in [5.74, 6) is 0. The Labute approximate surface area is 82.2 Å². The third kappa shape index (κ3) is 2.22. The molecule has 1 fully saturated rings. The number of hydrogen-bond donors (Lipinski definition) is 4. The number of rotatable bonds is 3. The lowest BCUT2D eigenvalue weighted by atomic mass is 9.97. The summed E-state index contributed by atoms with van der Waals surface area (Å²) in [6.07, 6.45) is -3.83. The van der Waals surface area contributed by atoms with E-state index in [0.717, 1.165) is 0 Å². The van der Waals surface area contributed by atoms with Gasteiger partial charge in [-0.25, -0.2) is 0 Å². The number of nitrogens with two attached hydrogens (primary N) is 1. The van der Waals surface area contributed by atoms with Gasteiger partial charge in [-0.15, -0.1) is 0 Å². The van der Waals surface area contributed by atoms with Crippen molar-refractivity contribution in [3.63, 3.8) is 0 Å². The smallest absolute Gasteiger partial charge is 0.185 e. The second-order valence-electron chi connectivity index (χ2n) is 3.24. The van der Waals surface area contributed by atoms with Crippen molar-refractivity contribution in [2.45, 2.75) is 37.6 Å². The van der Waals surface area contributed by atoms with E-state index in [0.29, 0.717) is 6.61 Å². The fourth-order valence-corrected chi connectivity index (χ4v) is 1.42. The predicted molar refractivity (Wildman–Crippen MR) is 47.4 cm³/mol. The van der Waals surface area contributed by atoms with E-state index in [4.69, 9.17) is 20.3 Å². The van der Waals surface area contributed by atoms with Gasteiger partial charge in [0.2, 0.25) is 0 Å². The van der Waals surface area contributed by atoms with Gasteiger partial charge in [0.15, 0.2) is 6.29 Å². The summed E-state index contributed by atoms with van der Waals surface area (Å²) in [7, 11) is 0. The van der Waals surface area contributed by atoms with Crippen LogP contribution < -0.4 is 5.73 Å². The van der Waals surface area contributed by atoms with Crippen molar-refractivity contribution in [2.75, 3.05) is 13.2 Å². The molecule has 5 N–H and O–H groups in total. The standard InChI is InChI=1S/C8H17NO5/c1-2-13-8-7(12)5(9)6(11)4(3-10)14-8/h4-8,10-12H,2-3,9H2,1H3/t4-,5-,6-,7-,8+/m1/s1. The Hall–Kier alpha value is -0.240. The largest absolute Gasteiger partial charge is 0.394 e. The monoisotopic (exact) mass is 207 g/mol.